The summed E-state index contributed by atoms with van der Waals surface area (Å²) in [6.07, 6.45) is 0.386. The molecule has 0 radical (unpaired) electrons. The largest absolute Gasteiger partial charge is 0.480 e. The highest BCUT2D eigenvalue weighted by atomic mass is 16.4. The number of carbonyl (C=O) groups is 10. The van der Waals surface area contributed by atoms with Crippen LogP contribution in [0.15, 0.2) is 4.99 Å². The number of aliphatic carboxylic acids is 1. The molecule has 0 rings (SSSR count). The van der Waals surface area contributed by atoms with Gasteiger partial charge in [-0.2, -0.15) is 0 Å². The van der Waals surface area contributed by atoms with E-state index >= 15 is 0 Å². The molecule has 24 heteroatoms. The van der Waals surface area contributed by atoms with Crippen LogP contribution in [0.4, 0.5) is 0 Å². The van der Waals surface area contributed by atoms with E-state index in [2.05, 4.69) is 47.5 Å². The van der Waals surface area contributed by atoms with E-state index in [4.69, 9.17) is 22.9 Å². The van der Waals surface area contributed by atoms with E-state index in [1.165, 1.54) is 0 Å². The van der Waals surface area contributed by atoms with Gasteiger partial charge in [-0.25, -0.2) is 4.79 Å². The SMILES string of the molecule is CC(C)C[C@H](NC(=O)[C@H](CC(C)C)NC(=O)[C@@H](N)CCCN=C(N)N)C(=O)NCC(=O)N[C@@H](CC(N)=O)C(=O)N[C@H](C(=O)N[C@@H](CC(C)C)C(=O)N[C@H](C(=O)N[C@H](C(=O)O)C(C)C)C(C)C)C(C)C. The van der Waals surface area contributed by atoms with E-state index in [1.807, 2.05) is 27.7 Å². The van der Waals surface area contributed by atoms with Crippen molar-refractivity contribution in [3.05, 3.63) is 0 Å². The van der Waals surface area contributed by atoms with Crippen LogP contribution in [0, 0.1) is 35.5 Å². The van der Waals surface area contributed by atoms with Crippen LogP contribution in [0.5, 0.6) is 0 Å². The lowest BCUT2D eigenvalue weighted by molar-refractivity contribution is -0.144. The Bertz CT molecular complexity index is 1780. The zero-order valence-electron chi connectivity index (χ0n) is 42.5. The van der Waals surface area contributed by atoms with Gasteiger partial charge in [-0.05, 0) is 67.6 Å². The third-order valence-electron chi connectivity index (χ3n) is 10.5. The highest BCUT2D eigenvalue weighted by Gasteiger charge is 2.36. The quantitative estimate of drug-likeness (QED) is 0.0196. The van der Waals surface area contributed by atoms with Crippen molar-refractivity contribution < 1.29 is 53.1 Å². The Kier molecular flexibility index (Phi) is 28.4. The summed E-state index contributed by atoms with van der Waals surface area (Å²) in [5.74, 6) is -10.4. The molecule has 0 aromatic carbocycles. The van der Waals surface area contributed by atoms with Gasteiger partial charge < -0.3 is 70.6 Å². The van der Waals surface area contributed by atoms with Gasteiger partial charge in [-0.15, -0.1) is 0 Å². The molecule has 0 saturated heterocycles. The number of carbonyl (C=O) groups excluding carboxylic acids is 9. The minimum absolute atomic E-state index is 0.0553. The van der Waals surface area contributed by atoms with Crippen LogP contribution in [0.25, 0.3) is 0 Å². The maximum atomic E-state index is 13.8. The number of hydrogen-bond donors (Lipinski definition) is 13. The van der Waals surface area contributed by atoms with Crippen LogP contribution in [-0.4, -0.2) is 132 Å². The number of carboxylic acid groups (broad SMARTS) is 1. The molecule has 394 valence electrons. The van der Waals surface area contributed by atoms with Crippen molar-refractivity contribution in [3.63, 3.8) is 0 Å². The Balaban J connectivity index is 6.10. The van der Waals surface area contributed by atoms with Gasteiger partial charge in [0.15, 0.2) is 5.96 Å². The van der Waals surface area contributed by atoms with E-state index in [0.29, 0.717) is 6.42 Å². The summed E-state index contributed by atoms with van der Waals surface area (Å²) < 4.78 is 0. The van der Waals surface area contributed by atoms with Crippen molar-refractivity contribution in [2.24, 2.45) is 63.4 Å². The first-order valence-corrected chi connectivity index (χ1v) is 23.6. The fourth-order valence-electron chi connectivity index (χ4n) is 6.85. The fraction of sp³-hybridized carbons (Fsp3) is 0.756. The first kappa shape index (κ1) is 62.9. The highest BCUT2D eigenvalue weighted by Crippen LogP contribution is 2.13. The topological polar surface area (TPSA) is 404 Å². The normalized spacial score (nSPS) is 14.9. The van der Waals surface area contributed by atoms with Crippen LogP contribution in [0.1, 0.15) is 122 Å². The van der Waals surface area contributed by atoms with Gasteiger partial charge in [0, 0.05) is 6.54 Å². The van der Waals surface area contributed by atoms with Crippen LogP contribution < -0.4 is 65.5 Å². The lowest BCUT2D eigenvalue weighted by Crippen LogP contribution is -2.61. The lowest BCUT2D eigenvalue weighted by atomic mass is 9.97. The number of amides is 9. The summed E-state index contributed by atoms with van der Waals surface area (Å²) in [5.41, 5.74) is 22.2. The maximum absolute atomic E-state index is 13.8. The van der Waals surface area contributed by atoms with Gasteiger partial charge in [0.05, 0.1) is 19.0 Å². The smallest absolute Gasteiger partial charge is 0.326 e. The lowest BCUT2D eigenvalue weighted by Gasteiger charge is -2.30. The van der Waals surface area contributed by atoms with Gasteiger partial charge in [-0.1, -0.05) is 83.1 Å². The number of rotatable bonds is 32. The molecule has 0 aromatic rings. The molecular weight excluding hydrogens is 899 g/mol. The maximum Gasteiger partial charge on any atom is 0.326 e. The minimum Gasteiger partial charge on any atom is -0.480 e. The van der Waals surface area contributed by atoms with E-state index in [-0.39, 0.29) is 55.9 Å². The van der Waals surface area contributed by atoms with E-state index in [0.717, 1.165) is 0 Å². The highest BCUT2D eigenvalue weighted by molar-refractivity contribution is 5.98. The molecule has 0 bridgehead atoms. The van der Waals surface area contributed by atoms with Crippen LogP contribution in [0.2, 0.25) is 0 Å². The summed E-state index contributed by atoms with van der Waals surface area (Å²) in [7, 11) is 0. The molecule has 0 fully saturated rings. The molecule has 24 nitrogen and oxygen atoms in total. The molecule has 0 heterocycles. The second-order valence-corrected chi connectivity index (χ2v) is 19.7. The van der Waals surface area contributed by atoms with Crippen molar-refractivity contribution in [1.29, 1.82) is 0 Å². The third kappa shape index (κ3) is 25.2. The third-order valence-corrected chi connectivity index (χ3v) is 10.5. The van der Waals surface area contributed by atoms with Gasteiger partial charge in [-0.3, -0.25) is 48.1 Å². The van der Waals surface area contributed by atoms with Crippen LogP contribution in [0.3, 0.4) is 0 Å². The number of carboxylic acids is 1. The first-order chi connectivity index (χ1) is 31.9. The molecule has 69 heavy (non-hydrogen) atoms. The number of nitrogens with one attached hydrogen (secondary N) is 8. The molecule has 8 atom stereocenters. The summed E-state index contributed by atoms with van der Waals surface area (Å²) in [4.78, 5) is 135. The molecule has 9 amide bonds. The van der Waals surface area contributed by atoms with E-state index in [1.54, 1.807) is 55.4 Å². The first-order valence-electron chi connectivity index (χ1n) is 23.6. The van der Waals surface area contributed by atoms with Gasteiger partial charge in [0.2, 0.25) is 53.2 Å². The predicted octanol–water partition coefficient (Wildman–Crippen LogP) is -2.06. The van der Waals surface area contributed by atoms with Crippen LogP contribution in [-0.2, 0) is 47.9 Å². The molecule has 0 aliphatic heterocycles. The number of hydrogen-bond acceptors (Lipinski definition) is 12. The average Bonchev–Trinajstić information content (AvgIpc) is 3.21. The molecule has 17 N–H and O–H groups in total. The van der Waals surface area contributed by atoms with Crippen molar-refractivity contribution in [2.75, 3.05) is 13.1 Å². The Labute approximate surface area is 406 Å². The Hall–Kier alpha value is -6.07. The number of nitrogens with two attached hydrogens (primary N) is 4. The average molecular weight is 982 g/mol. The minimum atomic E-state index is -1.62. The van der Waals surface area contributed by atoms with Crippen molar-refractivity contribution in [2.45, 2.75) is 170 Å². The molecule has 0 saturated carbocycles. The summed E-state index contributed by atoms with van der Waals surface area (Å²) in [5, 5.41) is 30.0. The number of nitrogens with zero attached hydrogens (tertiary/aromatic N) is 1. The predicted molar refractivity (Wildman–Crippen MR) is 259 cm³/mol. The van der Waals surface area contributed by atoms with Gasteiger partial charge in [0.25, 0.3) is 0 Å². The second-order valence-electron chi connectivity index (χ2n) is 19.7. The second kappa shape index (κ2) is 31.1. The van der Waals surface area contributed by atoms with Crippen molar-refractivity contribution in [1.82, 2.24) is 42.5 Å². The summed E-state index contributed by atoms with van der Waals surface area (Å²) >= 11 is 0. The summed E-state index contributed by atoms with van der Waals surface area (Å²) in [6.45, 7) is 20.2. The van der Waals surface area contributed by atoms with Gasteiger partial charge >= 0.3 is 5.97 Å². The molecule has 0 aromatic heterocycles. The molecule has 0 spiro atoms. The Morgan fingerprint density at radius 2 is 0.855 bits per heavy atom. The van der Waals surface area contributed by atoms with Crippen LogP contribution >= 0.6 is 0 Å². The van der Waals surface area contributed by atoms with Crippen molar-refractivity contribution in [3.8, 4) is 0 Å². The number of primary amides is 1. The number of guanidine groups is 1. The molecular formula is C45H83N13O11. The van der Waals surface area contributed by atoms with Gasteiger partial charge in [0.1, 0.15) is 42.3 Å². The molecule has 0 aliphatic carbocycles. The zero-order valence-corrected chi connectivity index (χ0v) is 42.5. The molecule has 0 aliphatic rings. The molecule has 0 unspecified atom stereocenters. The Morgan fingerprint density at radius 1 is 0.478 bits per heavy atom. The summed E-state index contributed by atoms with van der Waals surface area (Å²) in [6, 6.07) is -9.73. The standard InChI is InChI=1S/C45H83N13O11/c1-21(2)16-28(54-39(63)29(17-22(3)4)53-37(61)27(46)14-13-15-50-45(48)49)38(62)51-20-33(60)52-31(19-32(47)59)41(65)56-34(24(7)8)42(66)55-30(18-23(5)6)40(64)57-35(25(9)10)43(67)58-36(26(11)12)44(68)69/h21-31,34-36H,13-20,46H2,1-12H3,(H2,47,59)(H,51,62)(H,52,60)(H,53,61)(H,54,63)(H,55,66)(H,56,65)(H,57,64)(H,58,67)(H,68,69)(H4,48,49,50)/t27-,28-,29-,30-,31-,34-,35-,36-/m0/s1. The van der Waals surface area contributed by atoms with E-state index < -0.39 is 138 Å². The zero-order chi connectivity index (χ0) is 53.5. The number of aliphatic imine (C=N–C) groups is 1. The van der Waals surface area contributed by atoms with Crippen molar-refractivity contribution >= 4 is 65.1 Å². The monoisotopic (exact) mass is 982 g/mol. The Morgan fingerprint density at radius 3 is 1.26 bits per heavy atom. The fourth-order valence-corrected chi connectivity index (χ4v) is 6.85. The van der Waals surface area contributed by atoms with E-state index in [9.17, 15) is 53.1 Å².